The van der Waals surface area contributed by atoms with Gasteiger partial charge in [-0.15, -0.1) is 0 Å². The Morgan fingerprint density at radius 2 is 1.81 bits per heavy atom. The Labute approximate surface area is 160 Å². The monoisotopic (exact) mass is 388 g/mol. The Hall–Kier alpha value is -2.38. The van der Waals surface area contributed by atoms with E-state index in [1.807, 2.05) is 6.92 Å². The van der Waals surface area contributed by atoms with Gasteiger partial charge in [-0.1, -0.05) is 17.7 Å². The van der Waals surface area contributed by atoms with Crippen LogP contribution in [0.25, 0.3) is 0 Å². The maximum absolute atomic E-state index is 12.7. The smallest absolute Gasteiger partial charge is 0.264 e. The molecule has 6 nitrogen and oxygen atoms in total. The van der Waals surface area contributed by atoms with Crippen molar-refractivity contribution in [3.8, 4) is 0 Å². The van der Waals surface area contributed by atoms with Crippen molar-refractivity contribution < 1.29 is 17.9 Å². The first-order valence-corrected chi connectivity index (χ1v) is 10.4. The molecule has 144 valence electrons. The van der Waals surface area contributed by atoms with Crippen LogP contribution in [0.1, 0.15) is 28.8 Å². The summed E-state index contributed by atoms with van der Waals surface area (Å²) in [6.07, 6.45) is 2.07. The first kappa shape index (κ1) is 19.4. The molecule has 1 N–H and O–H groups in total. The van der Waals surface area contributed by atoms with E-state index in [-0.39, 0.29) is 16.9 Å². The number of carbonyl (C=O) groups is 1. The lowest BCUT2D eigenvalue weighted by Gasteiger charge is -2.20. The number of sulfonamides is 1. The van der Waals surface area contributed by atoms with Crippen molar-refractivity contribution in [2.24, 2.45) is 0 Å². The molecule has 1 aliphatic rings. The highest BCUT2D eigenvalue weighted by atomic mass is 32.2. The predicted octanol–water partition coefficient (Wildman–Crippen LogP) is 2.73. The Bertz CT molecular complexity index is 887. The number of rotatable bonds is 6. The van der Waals surface area contributed by atoms with Crippen LogP contribution in [0.2, 0.25) is 0 Å². The van der Waals surface area contributed by atoms with Crippen LogP contribution in [0.5, 0.6) is 0 Å². The fourth-order valence-electron chi connectivity index (χ4n) is 2.94. The number of nitrogens with one attached hydrogen (secondary N) is 1. The van der Waals surface area contributed by atoms with Gasteiger partial charge in [0.15, 0.2) is 0 Å². The topological polar surface area (TPSA) is 75.7 Å². The van der Waals surface area contributed by atoms with E-state index in [2.05, 4.69) is 5.32 Å². The maximum atomic E-state index is 12.7. The second-order valence-electron chi connectivity index (χ2n) is 6.68. The quantitative estimate of drug-likeness (QED) is 0.826. The molecule has 1 atom stereocenters. The van der Waals surface area contributed by atoms with Gasteiger partial charge in [0, 0.05) is 25.8 Å². The summed E-state index contributed by atoms with van der Waals surface area (Å²) in [6, 6.07) is 13.2. The number of ether oxygens (including phenoxy) is 1. The van der Waals surface area contributed by atoms with Gasteiger partial charge >= 0.3 is 0 Å². The molecule has 27 heavy (non-hydrogen) atoms. The molecule has 0 radical (unpaired) electrons. The number of carbonyl (C=O) groups excluding carboxylic acids is 1. The van der Waals surface area contributed by atoms with Gasteiger partial charge in [0.2, 0.25) is 0 Å². The molecular formula is C20H24N2O4S. The van der Waals surface area contributed by atoms with E-state index in [0.717, 1.165) is 25.0 Å². The average Bonchev–Trinajstić information content (AvgIpc) is 3.19. The summed E-state index contributed by atoms with van der Waals surface area (Å²) in [5.74, 6) is -0.193. The molecule has 2 aromatic carbocycles. The van der Waals surface area contributed by atoms with Crippen molar-refractivity contribution in [2.75, 3.05) is 24.5 Å². The molecule has 3 rings (SSSR count). The highest BCUT2D eigenvalue weighted by Crippen LogP contribution is 2.22. The number of benzene rings is 2. The number of amides is 1. The van der Waals surface area contributed by atoms with E-state index in [0.29, 0.717) is 17.8 Å². The number of hydrogen-bond acceptors (Lipinski definition) is 4. The average molecular weight is 388 g/mol. The normalized spacial score (nSPS) is 16.9. The third-order valence-electron chi connectivity index (χ3n) is 4.69. The first-order valence-electron chi connectivity index (χ1n) is 8.93. The van der Waals surface area contributed by atoms with Gasteiger partial charge in [-0.2, -0.15) is 0 Å². The molecule has 1 fully saturated rings. The molecule has 1 aliphatic heterocycles. The SMILES string of the molecule is Cc1ccc(S(=O)(=O)N(C)c2ccc(C(=O)NC[C@@H]3CCCO3)cc2)cc1. The standard InChI is InChI=1S/C20H24N2O4S/c1-15-5-11-19(12-6-15)27(24,25)22(2)17-9-7-16(8-10-17)20(23)21-14-18-4-3-13-26-18/h5-12,18H,3-4,13-14H2,1-2H3,(H,21,23)/t18-/m0/s1. The zero-order valence-electron chi connectivity index (χ0n) is 15.5. The van der Waals surface area contributed by atoms with Crippen molar-refractivity contribution in [3.63, 3.8) is 0 Å². The van der Waals surface area contributed by atoms with E-state index >= 15 is 0 Å². The molecule has 0 aliphatic carbocycles. The third kappa shape index (κ3) is 4.48. The van der Waals surface area contributed by atoms with Crippen LogP contribution in [-0.4, -0.2) is 40.6 Å². The molecule has 2 aromatic rings. The fourth-order valence-corrected chi connectivity index (χ4v) is 4.14. The zero-order chi connectivity index (χ0) is 19.4. The van der Waals surface area contributed by atoms with Crippen LogP contribution in [0, 0.1) is 6.92 Å². The van der Waals surface area contributed by atoms with Crippen molar-refractivity contribution >= 4 is 21.6 Å². The number of aryl methyl sites for hydroxylation is 1. The molecule has 1 saturated heterocycles. The molecule has 0 unspecified atom stereocenters. The van der Waals surface area contributed by atoms with Crippen molar-refractivity contribution in [1.29, 1.82) is 0 Å². The van der Waals surface area contributed by atoms with Gasteiger partial charge in [0.1, 0.15) is 0 Å². The van der Waals surface area contributed by atoms with Crippen molar-refractivity contribution in [3.05, 3.63) is 59.7 Å². The van der Waals surface area contributed by atoms with E-state index in [9.17, 15) is 13.2 Å². The molecule has 0 aromatic heterocycles. The van der Waals surface area contributed by atoms with Gasteiger partial charge in [-0.05, 0) is 56.2 Å². The van der Waals surface area contributed by atoms with E-state index in [4.69, 9.17) is 4.74 Å². The highest BCUT2D eigenvalue weighted by Gasteiger charge is 2.21. The highest BCUT2D eigenvalue weighted by molar-refractivity contribution is 7.92. The Morgan fingerprint density at radius 1 is 1.15 bits per heavy atom. The summed E-state index contributed by atoms with van der Waals surface area (Å²) in [4.78, 5) is 12.5. The third-order valence-corrected chi connectivity index (χ3v) is 6.49. The fraction of sp³-hybridized carbons (Fsp3) is 0.350. The lowest BCUT2D eigenvalue weighted by Crippen LogP contribution is -2.31. The molecule has 0 bridgehead atoms. The van der Waals surface area contributed by atoms with Crippen LogP contribution >= 0.6 is 0 Å². The summed E-state index contributed by atoms with van der Waals surface area (Å²) in [6.45, 7) is 3.14. The summed E-state index contributed by atoms with van der Waals surface area (Å²) < 4.78 is 32.2. The lowest BCUT2D eigenvalue weighted by atomic mass is 10.2. The minimum Gasteiger partial charge on any atom is -0.376 e. The molecule has 1 heterocycles. The Balaban J connectivity index is 1.68. The van der Waals surface area contributed by atoms with Gasteiger partial charge in [0.25, 0.3) is 15.9 Å². The lowest BCUT2D eigenvalue weighted by molar-refractivity contribution is 0.0858. The van der Waals surface area contributed by atoms with Crippen LogP contribution in [0.3, 0.4) is 0 Å². The molecule has 7 heteroatoms. The second kappa shape index (κ2) is 8.10. The molecule has 1 amide bonds. The van der Waals surface area contributed by atoms with Gasteiger partial charge < -0.3 is 10.1 Å². The maximum Gasteiger partial charge on any atom is 0.264 e. The number of nitrogens with zero attached hydrogens (tertiary/aromatic N) is 1. The van der Waals surface area contributed by atoms with E-state index < -0.39 is 10.0 Å². The molecule has 0 saturated carbocycles. The van der Waals surface area contributed by atoms with Crippen molar-refractivity contribution in [2.45, 2.75) is 30.8 Å². The van der Waals surface area contributed by atoms with Crippen LogP contribution in [0.4, 0.5) is 5.69 Å². The summed E-state index contributed by atoms with van der Waals surface area (Å²) in [5.41, 5.74) is 1.97. The Morgan fingerprint density at radius 3 is 2.41 bits per heavy atom. The van der Waals surface area contributed by atoms with E-state index in [1.165, 1.54) is 11.4 Å². The minimum absolute atomic E-state index is 0.0824. The predicted molar refractivity (Wildman–Crippen MR) is 105 cm³/mol. The number of hydrogen-bond donors (Lipinski definition) is 1. The van der Waals surface area contributed by atoms with E-state index in [1.54, 1.807) is 48.5 Å². The van der Waals surface area contributed by atoms with Crippen LogP contribution in [0.15, 0.2) is 53.4 Å². The summed E-state index contributed by atoms with van der Waals surface area (Å²) in [5, 5.41) is 2.86. The Kier molecular flexibility index (Phi) is 5.82. The van der Waals surface area contributed by atoms with Crippen LogP contribution < -0.4 is 9.62 Å². The minimum atomic E-state index is -3.65. The van der Waals surface area contributed by atoms with Crippen LogP contribution in [-0.2, 0) is 14.8 Å². The second-order valence-corrected chi connectivity index (χ2v) is 8.65. The van der Waals surface area contributed by atoms with Crippen molar-refractivity contribution in [1.82, 2.24) is 5.32 Å². The first-order chi connectivity index (χ1) is 12.9. The number of anilines is 1. The van der Waals surface area contributed by atoms with Gasteiger partial charge in [-0.25, -0.2) is 8.42 Å². The molecule has 0 spiro atoms. The summed E-state index contributed by atoms with van der Waals surface area (Å²) in [7, 11) is -2.15. The zero-order valence-corrected chi connectivity index (χ0v) is 16.3. The van der Waals surface area contributed by atoms with Gasteiger partial charge in [-0.3, -0.25) is 9.10 Å². The van der Waals surface area contributed by atoms with Gasteiger partial charge in [0.05, 0.1) is 16.7 Å². The summed E-state index contributed by atoms with van der Waals surface area (Å²) >= 11 is 0. The molecular weight excluding hydrogens is 364 g/mol. The largest absolute Gasteiger partial charge is 0.376 e.